The fraction of sp³-hybridized carbons (Fsp3) is 0.643. The van der Waals surface area contributed by atoms with Crippen molar-refractivity contribution in [2.24, 2.45) is 11.8 Å². The third kappa shape index (κ3) is 3.26. The maximum atomic E-state index is 6.29. The van der Waals surface area contributed by atoms with Crippen LogP contribution >= 0.6 is 23.2 Å². The molecule has 3 nitrogen and oxygen atoms in total. The molecule has 2 unspecified atom stereocenters. The summed E-state index contributed by atoms with van der Waals surface area (Å²) in [6.45, 7) is 9.52. The molecule has 106 valence electrons. The third-order valence-electron chi connectivity index (χ3n) is 3.74. The van der Waals surface area contributed by atoms with E-state index in [0.717, 1.165) is 37.7 Å². The zero-order chi connectivity index (χ0) is 14.0. The zero-order valence-electron chi connectivity index (χ0n) is 11.7. The number of rotatable bonds is 4. The maximum Gasteiger partial charge on any atom is 0.149 e. The van der Waals surface area contributed by atoms with Crippen molar-refractivity contribution < 1.29 is 0 Å². The van der Waals surface area contributed by atoms with E-state index < -0.39 is 0 Å². The number of nitrogens with one attached hydrogen (secondary N) is 1. The molecule has 0 spiro atoms. The average Bonchev–Trinajstić information content (AvgIpc) is 2.68. The summed E-state index contributed by atoms with van der Waals surface area (Å²) < 4.78 is 0. The summed E-state index contributed by atoms with van der Waals surface area (Å²) in [6, 6.07) is 1.79. The number of nitrogens with zero attached hydrogens (tertiary/aromatic N) is 2. The highest BCUT2D eigenvalue weighted by Crippen LogP contribution is 2.35. The van der Waals surface area contributed by atoms with Gasteiger partial charge in [-0.3, -0.25) is 0 Å². The lowest BCUT2D eigenvalue weighted by atomic mass is 10.0. The monoisotopic (exact) mass is 301 g/mol. The van der Waals surface area contributed by atoms with Crippen molar-refractivity contribution in [2.75, 3.05) is 29.9 Å². The first-order valence-electron chi connectivity index (χ1n) is 6.87. The fourth-order valence-electron chi connectivity index (χ4n) is 2.35. The molecular weight excluding hydrogens is 281 g/mol. The highest BCUT2D eigenvalue weighted by Gasteiger charge is 2.28. The van der Waals surface area contributed by atoms with E-state index in [9.17, 15) is 0 Å². The van der Waals surface area contributed by atoms with E-state index in [4.69, 9.17) is 23.2 Å². The first-order valence-corrected chi connectivity index (χ1v) is 7.63. The van der Waals surface area contributed by atoms with Crippen molar-refractivity contribution in [3.8, 4) is 0 Å². The Morgan fingerprint density at radius 2 is 1.89 bits per heavy atom. The summed E-state index contributed by atoms with van der Waals surface area (Å²) in [4.78, 5) is 6.87. The van der Waals surface area contributed by atoms with E-state index in [1.165, 1.54) is 0 Å². The molecule has 1 aromatic rings. The molecule has 2 heterocycles. The van der Waals surface area contributed by atoms with Gasteiger partial charge in [0.25, 0.3) is 0 Å². The van der Waals surface area contributed by atoms with Gasteiger partial charge in [-0.05, 0) is 24.3 Å². The highest BCUT2D eigenvalue weighted by molar-refractivity contribution is 6.37. The van der Waals surface area contributed by atoms with Gasteiger partial charge < -0.3 is 10.2 Å². The van der Waals surface area contributed by atoms with Crippen LogP contribution in [0.3, 0.4) is 0 Å². The molecule has 5 heteroatoms. The van der Waals surface area contributed by atoms with Gasteiger partial charge in [0.1, 0.15) is 11.6 Å². The molecule has 2 rings (SSSR count). The summed E-state index contributed by atoms with van der Waals surface area (Å²) in [7, 11) is 0. The molecule has 1 N–H and O–H groups in total. The first-order chi connectivity index (χ1) is 9.02. The van der Waals surface area contributed by atoms with Crippen molar-refractivity contribution >= 4 is 34.8 Å². The van der Waals surface area contributed by atoms with Crippen LogP contribution in [0.1, 0.15) is 27.2 Å². The molecule has 0 saturated carbocycles. The predicted molar refractivity (Wildman–Crippen MR) is 83.6 cm³/mol. The standard InChI is InChI=1S/C14H21Cl2N3/c1-4-5-17-13-11(15)6-12(16)14(18-13)19-7-9(2)10(3)8-19/h6,9-10H,4-5,7-8H2,1-3H3,(H,17,18). The van der Waals surface area contributed by atoms with Crippen molar-refractivity contribution in [3.63, 3.8) is 0 Å². The van der Waals surface area contributed by atoms with Crippen LogP contribution < -0.4 is 10.2 Å². The van der Waals surface area contributed by atoms with E-state index in [-0.39, 0.29) is 0 Å². The molecule has 1 aliphatic heterocycles. The van der Waals surface area contributed by atoms with Crippen molar-refractivity contribution in [1.29, 1.82) is 0 Å². The largest absolute Gasteiger partial charge is 0.369 e. The normalized spacial score (nSPS) is 22.9. The smallest absolute Gasteiger partial charge is 0.149 e. The molecule has 0 bridgehead atoms. The number of anilines is 2. The minimum absolute atomic E-state index is 0.586. The Morgan fingerprint density at radius 3 is 2.47 bits per heavy atom. The number of aromatic nitrogens is 1. The van der Waals surface area contributed by atoms with Crippen LogP contribution in [0.2, 0.25) is 10.0 Å². The van der Waals surface area contributed by atoms with Gasteiger partial charge in [-0.15, -0.1) is 0 Å². The summed E-state index contributed by atoms with van der Waals surface area (Å²) in [5, 5.41) is 4.47. The van der Waals surface area contributed by atoms with Gasteiger partial charge in [0, 0.05) is 19.6 Å². The topological polar surface area (TPSA) is 28.2 Å². The van der Waals surface area contributed by atoms with Gasteiger partial charge in [0.15, 0.2) is 0 Å². The van der Waals surface area contributed by atoms with Crippen LogP contribution in [0.25, 0.3) is 0 Å². The fourth-order valence-corrected chi connectivity index (χ4v) is 2.89. The first kappa shape index (κ1) is 14.7. The Hall–Kier alpha value is -0.670. The average molecular weight is 302 g/mol. The quantitative estimate of drug-likeness (QED) is 0.898. The third-order valence-corrected chi connectivity index (χ3v) is 4.31. The lowest BCUT2D eigenvalue weighted by Crippen LogP contribution is -2.21. The highest BCUT2D eigenvalue weighted by atomic mass is 35.5. The zero-order valence-corrected chi connectivity index (χ0v) is 13.2. The van der Waals surface area contributed by atoms with E-state index in [0.29, 0.717) is 21.9 Å². The van der Waals surface area contributed by atoms with Crippen LogP contribution in [0.15, 0.2) is 6.07 Å². The number of halogens is 2. The van der Waals surface area contributed by atoms with Crippen molar-refractivity contribution in [2.45, 2.75) is 27.2 Å². The van der Waals surface area contributed by atoms with E-state index in [1.54, 1.807) is 6.07 Å². The molecule has 19 heavy (non-hydrogen) atoms. The Labute approximate surface area is 125 Å². The number of hydrogen-bond donors (Lipinski definition) is 1. The Morgan fingerprint density at radius 1 is 1.26 bits per heavy atom. The Bertz CT molecular complexity index is 441. The summed E-state index contributed by atoms with van der Waals surface area (Å²) in [5.74, 6) is 2.91. The molecule has 0 radical (unpaired) electrons. The van der Waals surface area contributed by atoms with Gasteiger partial charge in [-0.2, -0.15) is 0 Å². The molecular formula is C14H21Cl2N3. The molecule has 2 atom stereocenters. The van der Waals surface area contributed by atoms with Crippen LogP contribution in [0.5, 0.6) is 0 Å². The van der Waals surface area contributed by atoms with Crippen molar-refractivity contribution in [1.82, 2.24) is 4.98 Å². The second-order valence-electron chi connectivity index (χ2n) is 5.41. The lowest BCUT2D eigenvalue weighted by molar-refractivity contribution is 0.494. The number of pyridine rings is 1. The predicted octanol–water partition coefficient (Wildman–Crippen LogP) is 4.30. The van der Waals surface area contributed by atoms with Gasteiger partial charge in [0.2, 0.25) is 0 Å². The Balaban J connectivity index is 2.25. The summed E-state index contributed by atoms with van der Waals surface area (Å²) in [6.07, 6.45) is 1.04. The lowest BCUT2D eigenvalue weighted by Gasteiger charge is -2.20. The minimum Gasteiger partial charge on any atom is -0.369 e. The second kappa shape index (κ2) is 6.19. The van der Waals surface area contributed by atoms with Gasteiger partial charge in [-0.1, -0.05) is 44.0 Å². The summed E-state index contributed by atoms with van der Waals surface area (Å²) in [5.41, 5.74) is 0. The van der Waals surface area contributed by atoms with Crippen LogP contribution in [-0.2, 0) is 0 Å². The maximum absolute atomic E-state index is 6.29. The molecule has 0 aliphatic carbocycles. The molecule has 1 aromatic heterocycles. The molecule has 0 aromatic carbocycles. The molecule has 1 aliphatic rings. The van der Waals surface area contributed by atoms with Gasteiger partial charge in [0.05, 0.1) is 10.0 Å². The Kier molecular flexibility index (Phi) is 4.80. The van der Waals surface area contributed by atoms with Gasteiger partial charge in [-0.25, -0.2) is 4.98 Å². The van der Waals surface area contributed by atoms with E-state index in [2.05, 4.69) is 36.0 Å². The van der Waals surface area contributed by atoms with Gasteiger partial charge >= 0.3 is 0 Å². The molecule has 0 amide bonds. The SMILES string of the molecule is CCCNc1nc(N2CC(C)C(C)C2)c(Cl)cc1Cl. The van der Waals surface area contributed by atoms with E-state index >= 15 is 0 Å². The van der Waals surface area contributed by atoms with Crippen LogP contribution in [0, 0.1) is 11.8 Å². The van der Waals surface area contributed by atoms with Crippen LogP contribution in [0.4, 0.5) is 11.6 Å². The minimum atomic E-state index is 0.586. The summed E-state index contributed by atoms with van der Waals surface area (Å²) >= 11 is 12.5. The molecule has 1 saturated heterocycles. The van der Waals surface area contributed by atoms with Crippen LogP contribution in [-0.4, -0.2) is 24.6 Å². The number of hydrogen-bond acceptors (Lipinski definition) is 3. The molecule has 1 fully saturated rings. The van der Waals surface area contributed by atoms with Crippen molar-refractivity contribution in [3.05, 3.63) is 16.1 Å². The second-order valence-corrected chi connectivity index (χ2v) is 6.22. The van der Waals surface area contributed by atoms with E-state index in [1.807, 2.05) is 0 Å².